The Bertz CT molecular complexity index is 876. The molecule has 1 fully saturated rings. The maximum absolute atomic E-state index is 9.86. The van der Waals surface area contributed by atoms with E-state index in [1.54, 1.807) is 10.6 Å². The monoisotopic (exact) mass is 306 g/mol. The van der Waals surface area contributed by atoms with E-state index < -0.39 is 0 Å². The molecule has 2 heterocycles. The molecule has 5 heteroatoms. The Morgan fingerprint density at radius 1 is 1.30 bits per heavy atom. The minimum atomic E-state index is 0.0152. The van der Waals surface area contributed by atoms with E-state index in [0.717, 1.165) is 12.8 Å². The Hall–Kier alpha value is -3.00. The molecule has 1 aliphatic rings. The van der Waals surface area contributed by atoms with Crippen molar-refractivity contribution in [3.05, 3.63) is 54.7 Å². The van der Waals surface area contributed by atoms with E-state index in [9.17, 15) is 5.11 Å². The number of aliphatic hydroxyl groups is 1. The summed E-state index contributed by atoms with van der Waals surface area (Å²) in [6.45, 7) is 7.24. The van der Waals surface area contributed by atoms with Crippen LogP contribution in [-0.2, 0) is 0 Å². The first-order valence-electron chi connectivity index (χ1n) is 7.47. The Morgan fingerprint density at radius 3 is 2.70 bits per heavy atom. The molecular formula is C18H18N4O. The Morgan fingerprint density at radius 2 is 2.09 bits per heavy atom. The van der Waals surface area contributed by atoms with Crippen LogP contribution in [0, 0.1) is 17.8 Å². The summed E-state index contributed by atoms with van der Waals surface area (Å²) in [6, 6.07) is 0. The number of hydrogen-bond donors (Lipinski definition) is 2. The van der Waals surface area contributed by atoms with Crippen LogP contribution < -0.4 is 5.73 Å². The average Bonchev–Trinajstić information content (AvgIpc) is 2.88. The SMILES string of the molecule is C=C/C(O)=C(\C=C)c1cn2cc(C#CC3CCC3)c(N)nc2n1. The predicted molar refractivity (Wildman–Crippen MR) is 91.6 cm³/mol. The van der Waals surface area contributed by atoms with E-state index in [1.165, 1.54) is 18.6 Å². The van der Waals surface area contributed by atoms with Gasteiger partial charge in [-0.3, -0.25) is 4.40 Å². The van der Waals surface area contributed by atoms with Crippen molar-refractivity contribution in [1.82, 2.24) is 14.4 Å². The molecule has 0 amide bonds. The smallest absolute Gasteiger partial charge is 0.236 e. The van der Waals surface area contributed by atoms with Gasteiger partial charge in [0.15, 0.2) is 0 Å². The number of allylic oxidation sites excluding steroid dienone is 3. The molecule has 3 N–H and O–H groups in total. The van der Waals surface area contributed by atoms with Crippen LogP contribution in [0.3, 0.4) is 0 Å². The lowest BCUT2D eigenvalue weighted by Gasteiger charge is -2.18. The van der Waals surface area contributed by atoms with Crippen molar-refractivity contribution in [2.45, 2.75) is 19.3 Å². The molecule has 1 saturated carbocycles. The van der Waals surface area contributed by atoms with Gasteiger partial charge in [0.05, 0.1) is 11.3 Å². The zero-order valence-electron chi connectivity index (χ0n) is 12.8. The molecule has 0 saturated heterocycles. The molecule has 0 radical (unpaired) electrons. The zero-order valence-corrected chi connectivity index (χ0v) is 12.8. The molecule has 0 unspecified atom stereocenters. The first-order chi connectivity index (χ1) is 11.1. The third kappa shape index (κ3) is 2.84. The second-order valence-electron chi connectivity index (χ2n) is 5.48. The average molecular weight is 306 g/mol. The number of nitrogens with two attached hydrogens (primary N) is 1. The van der Waals surface area contributed by atoms with Crippen molar-refractivity contribution in [1.29, 1.82) is 0 Å². The molecule has 2 aromatic rings. The number of nitrogens with zero attached hydrogens (tertiary/aromatic N) is 3. The van der Waals surface area contributed by atoms with Crippen molar-refractivity contribution < 1.29 is 5.11 Å². The van der Waals surface area contributed by atoms with Crippen LogP contribution in [0.5, 0.6) is 0 Å². The maximum Gasteiger partial charge on any atom is 0.236 e. The van der Waals surface area contributed by atoms with Crippen molar-refractivity contribution in [2.75, 3.05) is 5.73 Å². The van der Waals surface area contributed by atoms with E-state index >= 15 is 0 Å². The van der Waals surface area contributed by atoms with Crippen molar-refractivity contribution in [3.63, 3.8) is 0 Å². The summed E-state index contributed by atoms with van der Waals surface area (Å²) in [5, 5.41) is 9.86. The fraction of sp³-hybridized carbons (Fsp3) is 0.222. The van der Waals surface area contributed by atoms with Crippen LogP contribution in [0.2, 0.25) is 0 Å². The number of anilines is 1. The first-order valence-corrected chi connectivity index (χ1v) is 7.47. The largest absolute Gasteiger partial charge is 0.507 e. The Labute approximate surface area is 134 Å². The summed E-state index contributed by atoms with van der Waals surface area (Å²) in [4.78, 5) is 8.65. The van der Waals surface area contributed by atoms with E-state index in [-0.39, 0.29) is 5.76 Å². The highest BCUT2D eigenvalue weighted by Crippen LogP contribution is 2.25. The highest BCUT2D eigenvalue weighted by Gasteiger charge is 2.14. The Kier molecular flexibility index (Phi) is 3.90. The van der Waals surface area contributed by atoms with Gasteiger partial charge >= 0.3 is 0 Å². The van der Waals surface area contributed by atoms with Crippen LogP contribution in [-0.4, -0.2) is 19.5 Å². The van der Waals surface area contributed by atoms with Crippen LogP contribution >= 0.6 is 0 Å². The van der Waals surface area contributed by atoms with Gasteiger partial charge in [-0.15, -0.1) is 0 Å². The zero-order chi connectivity index (χ0) is 16.4. The number of aromatic nitrogens is 3. The molecule has 0 bridgehead atoms. The van der Waals surface area contributed by atoms with Gasteiger partial charge < -0.3 is 10.8 Å². The van der Waals surface area contributed by atoms with Crippen molar-refractivity contribution >= 4 is 17.2 Å². The molecule has 116 valence electrons. The molecule has 2 aromatic heterocycles. The van der Waals surface area contributed by atoms with Gasteiger partial charge in [-0.05, 0) is 18.9 Å². The van der Waals surface area contributed by atoms with E-state index in [4.69, 9.17) is 5.73 Å². The lowest BCUT2D eigenvalue weighted by Crippen LogP contribution is -2.08. The predicted octanol–water partition coefficient (Wildman–Crippen LogP) is 3.10. The summed E-state index contributed by atoms with van der Waals surface area (Å²) in [5.74, 6) is 7.63. The normalized spacial score (nSPS) is 15.3. The van der Waals surface area contributed by atoms with Gasteiger partial charge in [-0.25, -0.2) is 4.98 Å². The fourth-order valence-corrected chi connectivity index (χ4v) is 2.34. The molecule has 1 aliphatic carbocycles. The molecule has 3 rings (SSSR count). The number of rotatable bonds is 3. The van der Waals surface area contributed by atoms with Crippen molar-refractivity contribution in [2.24, 2.45) is 5.92 Å². The molecule has 0 aromatic carbocycles. The summed E-state index contributed by atoms with van der Waals surface area (Å²) < 4.78 is 1.75. The lowest BCUT2D eigenvalue weighted by atomic mass is 9.86. The number of fused-ring (bicyclic) bond motifs is 1. The molecule has 0 aliphatic heterocycles. The summed E-state index contributed by atoms with van der Waals surface area (Å²) in [5.41, 5.74) is 7.70. The van der Waals surface area contributed by atoms with Gasteiger partial charge in [0.25, 0.3) is 0 Å². The Balaban J connectivity index is 2.04. The number of aliphatic hydroxyl groups excluding tert-OH is 1. The highest BCUT2D eigenvalue weighted by atomic mass is 16.3. The fourth-order valence-electron chi connectivity index (χ4n) is 2.34. The van der Waals surface area contributed by atoms with Gasteiger partial charge in [-0.2, -0.15) is 4.98 Å². The van der Waals surface area contributed by atoms with Gasteiger partial charge in [0, 0.05) is 23.9 Å². The standard InChI is InChI=1S/C18H18N4O/c1-3-14(16(23)4-2)15-11-22-10-13(9-8-12-6-5-7-12)17(19)21-18(22)20-15/h3-4,10-12,23H,1-2,5-7H2,(H2,19,20,21)/b16-14-. The van der Waals surface area contributed by atoms with Crippen LogP contribution in [0.25, 0.3) is 11.4 Å². The maximum atomic E-state index is 9.86. The highest BCUT2D eigenvalue weighted by molar-refractivity contribution is 5.75. The minimum absolute atomic E-state index is 0.0152. The second-order valence-corrected chi connectivity index (χ2v) is 5.48. The van der Waals surface area contributed by atoms with Crippen LogP contribution in [0.15, 0.2) is 43.5 Å². The number of imidazole rings is 1. The van der Waals surface area contributed by atoms with E-state index in [2.05, 4.69) is 35.0 Å². The number of hydrogen-bond acceptors (Lipinski definition) is 4. The lowest BCUT2D eigenvalue weighted by molar-refractivity contribution is 0.401. The first kappa shape index (κ1) is 14.9. The van der Waals surface area contributed by atoms with E-state index in [1.807, 2.05) is 6.20 Å². The van der Waals surface area contributed by atoms with Gasteiger partial charge in [-0.1, -0.05) is 37.5 Å². The van der Waals surface area contributed by atoms with Gasteiger partial charge in [0.2, 0.25) is 5.78 Å². The molecule has 5 nitrogen and oxygen atoms in total. The van der Waals surface area contributed by atoms with Crippen LogP contribution in [0.1, 0.15) is 30.5 Å². The summed E-state index contributed by atoms with van der Waals surface area (Å²) in [6.07, 6.45) is 10.0. The second kappa shape index (κ2) is 6.01. The summed E-state index contributed by atoms with van der Waals surface area (Å²) in [7, 11) is 0. The molecule has 0 spiro atoms. The third-order valence-electron chi connectivity index (χ3n) is 3.94. The topological polar surface area (TPSA) is 76.4 Å². The third-order valence-corrected chi connectivity index (χ3v) is 3.94. The van der Waals surface area contributed by atoms with Crippen molar-refractivity contribution in [3.8, 4) is 11.8 Å². The van der Waals surface area contributed by atoms with E-state index in [0.29, 0.717) is 34.3 Å². The number of nitrogen functional groups attached to an aromatic ring is 1. The summed E-state index contributed by atoms with van der Waals surface area (Å²) >= 11 is 0. The molecule has 23 heavy (non-hydrogen) atoms. The minimum Gasteiger partial charge on any atom is -0.507 e. The van der Waals surface area contributed by atoms with Crippen LogP contribution in [0.4, 0.5) is 5.82 Å². The van der Waals surface area contributed by atoms with Gasteiger partial charge in [0.1, 0.15) is 11.6 Å². The molecular weight excluding hydrogens is 288 g/mol. The quantitative estimate of drug-likeness (QED) is 0.519. The molecule has 0 atom stereocenters.